The summed E-state index contributed by atoms with van der Waals surface area (Å²) in [5.41, 5.74) is 0.598. The SMILES string of the molecule is CC(=O)NC[C@H]1CN(c2ccc(-c3nnc(CC#N)s3)c(F)c2)C(=O)O1. The molecule has 10 heteroatoms. The van der Waals surface area contributed by atoms with Crippen LogP contribution in [0.2, 0.25) is 0 Å². The molecule has 0 bridgehead atoms. The highest BCUT2D eigenvalue weighted by Gasteiger charge is 2.32. The third-order valence-corrected chi connectivity index (χ3v) is 4.60. The van der Waals surface area contributed by atoms with E-state index in [0.717, 1.165) is 11.3 Å². The number of hydrogen-bond acceptors (Lipinski definition) is 7. The lowest BCUT2D eigenvalue weighted by Gasteiger charge is -2.14. The number of cyclic esters (lactones) is 1. The quantitative estimate of drug-likeness (QED) is 0.855. The van der Waals surface area contributed by atoms with Crippen molar-refractivity contribution in [3.8, 4) is 16.6 Å². The summed E-state index contributed by atoms with van der Waals surface area (Å²) in [6.07, 6.45) is -0.974. The Bertz CT molecular complexity index is 894. The standard InChI is InChI=1S/C16H14FN5O3S/c1-9(23)19-7-11-8-22(16(24)25-11)10-2-3-12(13(17)6-10)15-21-20-14(26-15)4-5-18/h2-3,6,11H,4,7-8H2,1H3,(H,19,23)/t11-/m0/s1. The maximum atomic E-state index is 14.5. The first-order valence-corrected chi connectivity index (χ1v) is 8.51. The molecule has 1 fully saturated rings. The number of nitrogens with zero attached hydrogens (tertiary/aromatic N) is 4. The summed E-state index contributed by atoms with van der Waals surface area (Å²) in [6, 6.07) is 6.29. The van der Waals surface area contributed by atoms with Crippen molar-refractivity contribution in [3.63, 3.8) is 0 Å². The van der Waals surface area contributed by atoms with Crippen LogP contribution in [0, 0.1) is 17.1 Å². The minimum absolute atomic E-state index is 0.118. The number of nitrogens with one attached hydrogen (secondary N) is 1. The van der Waals surface area contributed by atoms with E-state index >= 15 is 0 Å². The van der Waals surface area contributed by atoms with Crippen molar-refractivity contribution in [2.24, 2.45) is 0 Å². The zero-order chi connectivity index (χ0) is 18.7. The van der Waals surface area contributed by atoms with Crippen LogP contribution in [-0.4, -0.2) is 41.4 Å². The van der Waals surface area contributed by atoms with Crippen molar-refractivity contribution in [1.29, 1.82) is 5.26 Å². The lowest BCUT2D eigenvalue weighted by Crippen LogP contribution is -2.33. The molecule has 1 aromatic heterocycles. The molecule has 1 aliphatic heterocycles. The van der Waals surface area contributed by atoms with Gasteiger partial charge >= 0.3 is 6.09 Å². The van der Waals surface area contributed by atoms with Gasteiger partial charge < -0.3 is 10.1 Å². The molecule has 0 saturated carbocycles. The number of benzene rings is 1. The average Bonchev–Trinajstić information content (AvgIpc) is 3.20. The molecule has 0 unspecified atom stereocenters. The summed E-state index contributed by atoms with van der Waals surface area (Å²) in [4.78, 5) is 24.2. The van der Waals surface area contributed by atoms with E-state index in [9.17, 15) is 14.0 Å². The molecular formula is C16H14FN5O3S. The van der Waals surface area contributed by atoms with Gasteiger partial charge in [-0.1, -0.05) is 11.3 Å². The van der Waals surface area contributed by atoms with Gasteiger partial charge in [0.25, 0.3) is 0 Å². The van der Waals surface area contributed by atoms with Gasteiger partial charge in [-0.05, 0) is 18.2 Å². The third kappa shape index (κ3) is 3.78. The van der Waals surface area contributed by atoms with E-state index in [0.29, 0.717) is 15.7 Å². The Hall–Kier alpha value is -3.06. The lowest BCUT2D eigenvalue weighted by molar-refractivity contribution is -0.119. The molecule has 1 aliphatic rings. The van der Waals surface area contributed by atoms with Crippen LogP contribution in [-0.2, 0) is 16.0 Å². The number of nitriles is 1. The van der Waals surface area contributed by atoms with Crippen LogP contribution in [0.3, 0.4) is 0 Å². The van der Waals surface area contributed by atoms with Crippen LogP contribution in [0.1, 0.15) is 11.9 Å². The van der Waals surface area contributed by atoms with Crippen molar-refractivity contribution in [2.75, 3.05) is 18.0 Å². The summed E-state index contributed by atoms with van der Waals surface area (Å²) >= 11 is 1.14. The topological polar surface area (TPSA) is 108 Å². The second kappa shape index (κ2) is 7.45. The zero-order valence-corrected chi connectivity index (χ0v) is 14.5. The minimum Gasteiger partial charge on any atom is -0.442 e. The number of rotatable bonds is 5. The smallest absolute Gasteiger partial charge is 0.414 e. The molecule has 0 spiro atoms. The molecule has 26 heavy (non-hydrogen) atoms. The first-order valence-electron chi connectivity index (χ1n) is 7.69. The fourth-order valence-electron chi connectivity index (χ4n) is 2.44. The predicted molar refractivity (Wildman–Crippen MR) is 90.9 cm³/mol. The molecule has 8 nitrogen and oxygen atoms in total. The van der Waals surface area contributed by atoms with Crippen molar-refractivity contribution in [1.82, 2.24) is 15.5 Å². The Morgan fingerprint density at radius 3 is 3.04 bits per heavy atom. The molecule has 1 N–H and O–H groups in total. The third-order valence-electron chi connectivity index (χ3n) is 3.64. The van der Waals surface area contributed by atoms with Gasteiger partial charge in [0, 0.05) is 12.5 Å². The van der Waals surface area contributed by atoms with E-state index in [4.69, 9.17) is 10.00 Å². The molecular weight excluding hydrogens is 361 g/mol. The molecule has 2 heterocycles. The number of halogens is 1. The van der Waals surface area contributed by atoms with Gasteiger partial charge in [-0.25, -0.2) is 9.18 Å². The number of hydrogen-bond donors (Lipinski definition) is 1. The van der Waals surface area contributed by atoms with Crippen molar-refractivity contribution < 1.29 is 18.7 Å². The van der Waals surface area contributed by atoms with Gasteiger partial charge in [0.15, 0.2) is 5.01 Å². The monoisotopic (exact) mass is 375 g/mol. The second-order valence-corrected chi connectivity index (χ2v) is 6.62. The van der Waals surface area contributed by atoms with Crippen LogP contribution in [0.25, 0.3) is 10.6 Å². The van der Waals surface area contributed by atoms with E-state index in [1.54, 1.807) is 6.07 Å². The molecule has 1 atom stereocenters. The number of carbonyl (C=O) groups is 2. The van der Waals surface area contributed by atoms with Crippen molar-refractivity contribution in [3.05, 3.63) is 29.0 Å². The maximum Gasteiger partial charge on any atom is 0.414 e. The van der Waals surface area contributed by atoms with Crippen LogP contribution in [0.4, 0.5) is 14.9 Å². The highest BCUT2D eigenvalue weighted by Crippen LogP contribution is 2.30. The minimum atomic E-state index is -0.597. The Kier molecular flexibility index (Phi) is 5.09. The van der Waals surface area contributed by atoms with Gasteiger partial charge in [0.1, 0.15) is 16.9 Å². The predicted octanol–water partition coefficient (Wildman–Crippen LogP) is 1.87. The molecule has 3 rings (SSSR count). The molecule has 2 amide bonds. The summed E-state index contributed by atoms with van der Waals surface area (Å²) in [6.45, 7) is 1.78. The summed E-state index contributed by atoms with van der Waals surface area (Å²) in [5, 5.41) is 19.9. The van der Waals surface area contributed by atoms with E-state index in [2.05, 4.69) is 15.5 Å². The number of aromatic nitrogens is 2. The Labute approximate surface area is 152 Å². The average molecular weight is 375 g/mol. The lowest BCUT2D eigenvalue weighted by atomic mass is 10.2. The van der Waals surface area contributed by atoms with E-state index in [1.165, 1.54) is 24.0 Å². The van der Waals surface area contributed by atoms with Crippen LogP contribution in [0.5, 0.6) is 0 Å². The largest absolute Gasteiger partial charge is 0.442 e. The molecule has 1 aromatic carbocycles. The zero-order valence-electron chi connectivity index (χ0n) is 13.7. The number of anilines is 1. The Morgan fingerprint density at radius 1 is 1.54 bits per heavy atom. The highest BCUT2D eigenvalue weighted by atomic mass is 32.1. The van der Waals surface area contributed by atoms with Crippen molar-refractivity contribution in [2.45, 2.75) is 19.4 Å². The molecule has 0 radical (unpaired) electrons. The van der Waals surface area contributed by atoms with Gasteiger partial charge in [0.05, 0.1) is 31.3 Å². The number of ether oxygens (including phenoxy) is 1. The normalized spacial score (nSPS) is 16.3. The number of amides is 2. The molecule has 2 aromatic rings. The fraction of sp³-hybridized carbons (Fsp3) is 0.312. The van der Waals surface area contributed by atoms with Crippen LogP contribution in [0.15, 0.2) is 18.2 Å². The first kappa shape index (κ1) is 17.8. The maximum absolute atomic E-state index is 14.5. The summed E-state index contributed by atoms with van der Waals surface area (Å²) < 4.78 is 19.7. The molecule has 134 valence electrons. The van der Waals surface area contributed by atoms with Gasteiger partial charge in [-0.15, -0.1) is 10.2 Å². The van der Waals surface area contributed by atoms with Gasteiger partial charge in [-0.3, -0.25) is 9.69 Å². The molecule has 0 aliphatic carbocycles. The van der Waals surface area contributed by atoms with E-state index in [1.807, 2.05) is 6.07 Å². The summed E-state index contributed by atoms with van der Waals surface area (Å²) in [5.74, 6) is -0.775. The van der Waals surface area contributed by atoms with E-state index < -0.39 is 18.0 Å². The first-order chi connectivity index (χ1) is 12.5. The van der Waals surface area contributed by atoms with Crippen molar-refractivity contribution >= 4 is 29.0 Å². The Morgan fingerprint density at radius 2 is 2.35 bits per heavy atom. The van der Waals surface area contributed by atoms with Gasteiger partial charge in [0.2, 0.25) is 5.91 Å². The van der Waals surface area contributed by atoms with E-state index in [-0.39, 0.29) is 31.0 Å². The summed E-state index contributed by atoms with van der Waals surface area (Å²) in [7, 11) is 0. The molecule has 1 saturated heterocycles. The second-order valence-electron chi connectivity index (χ2n) is 5.55. The highest BCUT2D eigenvalue weighted by molar-refractivity contribution is 7.14. The van der Waals surface area contributed by atoms with Crippen LogP contribution >= 0.6 is 11.3 Å². The Balaban J connectivity index is 1.76. The fourth-order valence-corrected chi connectivity index (χ4v) is 3.24. The van der Waals surface area contributed by atoms with Crippen LogP contribution < -0.4 is 10.2 Å². The van der Waals surface area contributed by atoms with Gasteiger partial charge in [-0.2, -0.15) is 5.26 Å². The number of carbonyl (C=O) groups excluding carboxylic acids is 2.